The Morgan fingerprint density at radius 2 is 1.86 bits per heavy atom. The summed E-state index contributed by atoms with van der Waals surface area (Å²) < 4.78 is 16.1. The zero-order valence-electron chi connectivity index (χ0n) is 15.2. The molecule has 0 aliphatic rings. The monoisotopic (exact) mass is 404 g/mol. The third kappa shape index (κ3) is 3.23. The van der Waals surface area contributed by atoms with Crippen LogP contribution in [-0.2, 0) is 4.79 Å². The molecule has 3 N–H and O–H groups in total. The van der Waals surface area contributed by atoms with Crippen molar-refractivity contribution in [2.45, 2.75) is 19.8 Å². The van der Waals surface area contributed by atoms with Crippen molar-refractivity contribution in [1.29, 1.82) is 0 Å². The van der Waals surface area contributed by atoms with E-state index in [4.69, 9.17) is 16.7 Å². The van der Waals surface area contributed by atoms with E-state index in [0.717, 1.165) is 6.07 Å². The highest BCUT2D eigenvalue weighted by molar-refractivity contribution is 6.30. The number of phenolic OH excluding ortho intramolecular Hbond substituents is 1. The van der Waals surface area contributed by atoms with Crippen molar-refractivity contribution < 1.29 is 24.2 Å². The average Bonchev–Trinajstić information content (AvgIpc) is 2.97. The second-order valence-electron chi connectivity index (χ2n) is 6.36. The molecule has 1 heterocycles. The molecule has 146 valence electrons. The Labute approximate surface area is 165 Å². The number of carbonyl (C=O) groups is 2. The summed E-state index contributed by atoms with van der Waals surface area (Å²) in [6, 6.07) is 8.82. The lowest BCUT2D eigenvalue weighted by atomic mass is 9.96. The molecule has 0 radical (unpaired) electrons. The number of halogens is 2. The molecule has 0 spiro atoms. The number of nitrogens with zero attached hydrogens (tertiary/aromatic N) is 1. The Kier molecular flexibility index (Phi) is 5.40. The molecule has 1 atom stereocenters. The molecule has 0 aliphatic heterocycles. The Balaban J connectivity index is 2.28. The first-order chi connectivity index (χ1) is 13.3. The van der Waals surface area contributed by atoms with Crippen LogP contribution in [0, 0.1) is 12.7 Å². The summed E-state index contributed by atoms with van der Waals surface area (Å²) in [6.45, 7) is 2.56. The summed E-state index contributed by atoms with van der Waals surface area (Å²) in [5.74, 6) is -3.33. The minimum atomic E-state index is -0.915. The van der Waals surface area contributed by atoms with Crippen LogP contribution in [0.15, 0.2) is 36.4 Å². The van der Waals surface area contributed by atoms with E-state index in [1.54, 1.807) is 31.2 Å². The van der Waals surface area contributed by atoms with Crippen molar-refractivity contribution in [2.75, 3.05) is 6.73 Å². The molecule has 0 bridgehead atoms. The molecule has 0 unspecified atom stereocenters. The lowest BCUT2D eigenvalue weighted by Crippen LogP contribution is -2.29. The first-order valence-electron chi connectivity index (χ1n) is 8.49. The molecule has 1 amide bonds. The number of amides is 1. The molecule has 28 heavy (non-hydrogen) atoms. The molecule has 8 heteroatoms. The van der Waals surface area contributed by atoms with Crippen molar-refractivity contribution in [3.8, 4) is 5.75 Å². The van der Waals surface area contributed by atoms with Crippen LogP contribution in [-0.4, -0.2) is 33.3 Å². The number of nitrogens with one attached hydrogen (secondary N) is 1. The van der Waals surface area contributed by atoms with Crippen LogP contribution >= 0.6 is 11.6 Å². The number of hydrogen-bond donors (Lipinski definition) is 3. The van der Waals surface area contributed by atoms with E-state index in [1.165, 1.54) is 17.6 Å². The Morgan fingerprint density at radius 3 is 2.46 bits per heavy atom. The van der Waals surface area contributed by atoms with E-state index in [0.29, 0.717) is 16.3 Å². The molecule has 0 fully saturated rings. The van der Waals surface area contributed by atoms with Crippen molar-refractivity contribution in [3.63, 3.8) is 0 Å². The van der Waals surface area contributed by atoms with Gasteiger partial charge < -0.3 is 15.5 Å². The molecule has 1 aromatic heterocycles. The van der Waals surface area contributed by atoms with Gasteiger partial charge in [-0.25, -0.2) is 4.39 Å². The standard InChI is InChI=1S/C20H18ClFN2O4/c1-10(19(27)23-9-25)16-11(2)24(14-7-8-15(26)18(22)17(14)16)20(28)12-3-5-13(21)6-4-12/h3-8,10,25-26H,9H2,1-2H3,(H,23,27)/t10-/m0/s1. The maximum Gasteiger partial charge on any atom is 0.262 e. The summed E-state index contributed by atoms with van der Waals surface area (Å²) in [4.78, 5) is 25.4. The summed E-state index contributed by atoms with van der Waals surface area (Å²) in [6.07, 6.45) is 0. The van der Waals surface area contributed by atoms with Gasteiger partial charge in [-0.15, -0.1) is 0 Å². The van der Waals surface area contributed by atoms with Crippen LogP contribution in [0.2, 0.25) is 5.02 Å². The summed E-state index contributed by atoms with van der Waals surface area (Å²) in [5.41, 5.74) is 1.18. The number of aromatic nitrogens is 1. The molecular formula is C20H18ClFN2O4. The largest absolute Gasteiger partial charge is 0.505 e. The zero-order valence-corrected chi connectivity index (χ0v) is 15.9. The fraction of sp³-hybridized carbons (Fsp3) is 0.200. The van der Waals surface area contributed by atoms with Gasteiger partial charge in [0.1, 0.15) is 6.73 Å². The molecule has 0 saturated heterocycles. The number of fused-ring (bicyclic) bond motifs is 1. The van der Waals surface area contributed by atoms with E-state index >= 15 is 0 Å². The molecule has 0 saturated carbocycles. The van der Waals surface area contributed by atoms with Crippen LogP contribution in [0.3, 0.4) is 0 Å². The van der Waals surface area contributed by atoms with E-state index < -0.39 is 36.0 Å². The number of aliphatic hydroxyl groups excluding tert-OH is 1. The zero-order chi connectivity index (χ0) is 20.6. The maximum atomic E-state index is 14.8. The van der Waals surface area contributed by atoms with Gasteiger partial charge in [-0.2, -0.15) is 0 Å². The number of benzene rings is 2. The highest BCUT2D eigenvalue weighted by Gasteiger charge is 2.29. The van der Waals surface area contributed by atoms with Gasteiger partial charge >= 0.3 is 0 Å². The second-order valence-corrected chi connectivity index (χ2v) is 6.80. The van der Waals surface area contributed by atoms with Crippen LogP contribution in [0.5, 0.6) is 5.75 Å². The van der Waals surface area contributed by atoms with Crippen LogP contribution in [0.4, 0.5) is 4.39 Å². The minimum Gasteiger partial charge on any atom is -0.505 e. The van der Waals surface area contributed by atoms with E-state index in [1.807, 2.05) is 0 Å². The quantitative estimate of drug-likeness (QED) is 0.582. The van der Waals surface area contributed by atoms with E-state index in [-0.39, 0.29) is 16.5 Å². The fourth-order valence-corrected chi connectivity index (χ4v) is 3.48. The van der Waals surface area contributed by atoms with E-state index in [9.17, 15) is 19.1 Å². The Morgan fingerprint density at radius 1 is 1.21 bits per heavy atom. The average molecular weight is 405 g/mol. The number of aromatic hydroxyl groups is 1. The Bertz CT molecular complexity index is 1080. The van der Waals surface area contributed by atoms with Gasteiger partial charge in [-0.05, 0) is 55.8 Å². The topological polar surface area (TPSA) is 91.6 Å². The van der Waals surface area contributed by atoms with Gasteiger partial charge in [0, 0.05) is 21.7 Å². The van der Waals surface area contributed by atoms with Crippen LogP contribution in [0.1, 0.15) is 34.5 Å². The third-order valence-electron chi connectivity index (χ3n) is 4.71. The van der Waals surface area contributed by atoms with Crippen molar-refractivity contribution >= 4 is 34.3 Å². The van der Waals surface area contributed by atoms with E-state index in [2.05, 4.69) is 5.32 Å². The number of carbonyl (C=O) groups excluding carboxylic acids is 2. The Hall–Kier alpha value is -2.90. The first kappa shape index (κ1) is 19.9. The van der Waals surface area contributed by atoms with Crippen LogP contribution in [0.25, 0.3) is 10.9 Å². The fourth-order valence-electron chi connectivity index (χ4n) is 3.35. The number of hydrogen-bond acceptors (Lipinski definition) is 4. The normalized spacial score (nSPS) is 12.2. The van der Waals surface area contributed by atoms with Gasteiger partial charge in [0.15, 0.2) is 11.6 Å². The predicted molar refractivity (Wildman–Crippen MR) is 103 cm³/mol. The summed E-state index contributed by atoms with van der Waals surface area (Å²) in [7, 11) is 0. The van der Waals surface area contributed by atoms with Gasteiger partial charge in [-0.3, -0.25) is 14.2 Å². The highest BCUT2D eigenvalue weighted by Crippen LogP contribution is 2.37. The van der Waals surface area contributed by atoms with Gasteiger partial charge in [0.2, 0.25) is 5.91 Å². The molecule has 0 aliphatic carbocycles. The first-order valence-corrected chi connectivity index (χ1v) is 8.87. The number of rotatable bonds is 4. The van der Waals surface area contributed by atoms with Gasteiger partial charge in [0.25, 0.3) is 5.91 Å². The molecule has 2 aromatic carbocycles. The molecule has 6 nitrogen and oxygen atoms in total. The maximum absolute atomic E-state index is 14.8. The van der Waals surface area contributed by atoms with Crippen molar-refractivity contribution in [3.05, 3.63) is 64.1 Å². The number of phenols is 1. The van der Waals surface area contributed by atoms with Crippen molar-refractivity contribution in [1.82, 2.24) is 9.88 Å². The minimum absolute atomic E-state index is 0.0135. The third-order valence-corrected chi connectivity index (χ3v) is 4.96. The SMILES string of the molecule is Cc1c([C@H](C)C(=O)NCO)c2c(F)c(O)ccc2n1C(=O)c1ccc(Cl)cc1. The lowest BCUT2D eigenvalue weighted by molar-refractivity contribution is -0.123. The highest BCUT2D eigenvalue weighted by atomic mass is 35.5. The lowest BCUT2D eigenvalue weighted by Gasteiger charge is -2.13. The van der Waals surface area contributed by atoms with Gasteiger partial charge in [-0.1, -0.05) is 11.6 Å². The molecule has 3 aromatic rings. The molecular weight excluding hydrogens is 387 g/mol. The second kappa shape index (κ2) is 7.61. The molecule has 3 rings (SSSR count). The predicted octanol–water partition coefficient (Wildman–Crippen LogP) is 3.31. The van der Waals surface area contributed by atoms with Gasteiger partial charge in [0.05, 0.1) is 11.4 Å². The van der Waals surface area contributed by atoms with Crippen LogP contribution < -0.4 is 5.32 Å². The number of aliphatic hydroxyl groups is 1. The van der Waals surface area contributed by atoms with Crippen molar-refractivity contribution in [2.24, 2.45) is 0 Å². The summed E-state index contributed by atoms with van der Waals surface area (Å²) in [5, 5.41) is 21.5. The smallest absolute Gasteiger partial charge is 0.262 e. The summed E-state index contributed by atoms with van der Waals surface area (Å²) >= 11 is 5.88.